The normalized spacial score (nSPS) is 23.5. The van der Waals surface area contributed by atoms with Crippen molar-refractivity contribution < 1.29 is 9.31 Å². The molecule has 0 spiro atoms. The van der Waals surface area contributed by atoms with E-state index >= 15 is 0 Å². The second-order valence-electron chi connectivity index (χ2n) is 6.74. The molecule has 21 heavy (non-hydrogen) atoms. The van der Waals surface area contributed by atoms with Gasteiger partial charge in [0.2, 0.25) is 0 Å². The summed E-state index contributed by atoms with van der Waals surface area (Å²) in [5.74, 6) is 0. The average molecular weight is 286 g/mol. The Hall–Kier alpha value is -1.30. The van der Waals surface area contributed by atoms with Gasteiger partial charge >= 0.3 is 7.12 Å². The molecule has 0 unspecified atom stereocenters. The lowest BCUT2D eigenvalue weighted by molar-refractivity contribution is 0.00578. The smallest absolute Gasteiger partial charge is 0.399 e. The molecule has 1 fully saturated rings. The van der Waals surface area contributed by atoms with Gasteiger partial charge in [0.25, 0.3) is 0 Å². The molecule has 0 atom stereocenters. The zero-order chi connectivity index (χ0) is 15.1. The van der Waals surface area contributed by atoms with E-state index < -0.39 is 0 Å². The maximum atomic E-state index is 6.09. The largest absolute Gasteiger partial charge is 0.493 e. The second-order valence-corrected chi connectivity index (χ2v) is 6.74. The molecule has 2 aliphatic rings. The number of nitrogens with zero attached hydrogens (tertiary/aromatic N) is 1. The molecule has 1 aromatic carbocycles. The zero-order valence-corrected chi connectivity index (χ0v) is 13.2. The van der Waals surface area contributed by atoms with Gasteiger partial charge in [0.1, 0.15) is 0 Å². The summed E-state index contributed by atoms with van der Waals surface area (Å²) in [6.07, 6.45) is 2.11. The maximum Gasteiger partial charge on any atom is 0.493 e. The van der Waals surface area contributed by atoms with Crippen molar-refractivity contribution in [2.24, 2.45) is 0 Å². The first kappa shape index (κ1) is 14.6. The minimum atomic E-state index is -0.286. The third-order valence-electron chi connectivity index (χ3n) is 4.56. The summed E-state index contributed by atoms with van der Waals surface area (Å²) in [7, 11) is -0.261. The minimum Gasteiger partial charge on any atom is -0.399 e. The monoisotopic (exact) mass is 286 g/mol. The topological polar surface area (TPSA) is 33.7 Å². The molecule has 5 heteroatoms. The highest BCUT2D eigenvalue weighted by Crippen LogP contribution is 2.38. The molecule has 0 aliphatic carbocycles. The van der Waals surface area contributed by atoms with Crippen LogP contribution in [0.3, 0.4) is 0 Å². The van der Waals surface area contributed by atoms with Crippen LogP contribution in [0.5, 0.6) is 0 Å². The molecule has 0 aromatic heterocycles. The Morgan fingerprint density at radius 3 is 2.33 bits per heavy atom. The molecule has 0 bridgehead atoms. The Kier molecular flexibility index (Phi) is 3.60. The summed E-state index contributed by atoms with van der Waals surface area (Å²) in [5.41, 5.74) is 5.21. The fraction of sp³-hybridized carbons (Fsp3) is 0.500. The minimum absolute atomic E-state index is 0.261. The molecule has 0 radical (unpaired) electrons. The van der Waals surface area contributed by atoms with E-state index in [2.05, 4.69) is 68.6 Å². The molecule has 0 amide bonds. The van der Waals surface area contributed by atoms with E-state index in [1.807, 2.05) is 6.07 Å². The molecular weight excluding hydrogens is 263 g/mol. The Bertz CT molecular complexity index is 526. The van der Waals surface area contributed by atoms with Crippen LogP contribution in [0.1, 0.15) is 33.3 Å². The van der Waals surface area contributed by atoms with Gasteiger partial charge in [-0.2, -0.15) is 0 Å². The van der Waals surface area contributed by atoms with Crippen LogP contribution in [0.2, 0.25) is 0 Å². The lowest BCUT2D eigenvalue weighted by atomic mass is 9.79. The highest BCUT2D eigenvalue weighted by atomic mass is 16.7. The summed E-state index contributed by atoms with van der Waals surface area (Å²) >= 11 is 0. The predicted molar refractivity (Wildman–Crippen MR) is 84.2 cm³/mol. The van der Waals surface area contributed by atoms with Crippen LogP contribution < -0.4 is 5.43 Å². The summed E-state index contributed by atoms with van der Waals surface area (Å²) in [5, 5.41) is 2.09. The first-order valence-electron chi connectivity index (χ1n) is 7.48. The van der Waals surface area contributed by atoms with Crippen LogP contribution in [0.4, 0.5) is 0 Å². The van der Waals surface area contributed by atoms with Crippen molar-refractivity contribution in [1.82, 2.24) is 10.4 Å². The number of hydrogen-bond donors (Lipinski definition) is 1. The van der Waals surface area contributed by atoms with Crippen molar-refractivity contribution in [2.45, 2.75) is 45.4 Å². The summed E-state index contributed by atoms with van der Waals surface area (Å²) in [4.78, 5) is 0. The average Bonchev–Trinajstić information content (AvgIpc) is 2.94. The fourth-order valence-electron chi connectivity index (χ4n) is 2.50. The van der Waals surface area contributed by atoms with Gasteiger partial charge in [-0.25, -0.2) is 5.43 Å². The van der Waals surface area contributed by atoms with Crippen LogP contribution in [-0.4, -0.2) is 29.9 Å². The van der Waals surface area contributed by atoms with E-state index in [0.29, 0.717) is 0 Å². The molecule has 4 nitrogen and oxygen atoms in total. The van der Waals surface area contributed by atoms with Crippen LogP contribution in [0.15, 0.2) is 42.0 Å². The second kappa shape index (κ2) is 5.16. The van der Waals surface area contributed by atoms with E-state index in [4.69, 9.17) is 9.31 Å². The highest BCUT2D eigenvalue weighted by molar-refractivity contribution is 6.54. The molecular formula is C16H23BN2O2. The SMILES string of the molecule is CC1(C)OB(C2=CN(Cc3ccccc3)NC2)OC1(C)C. The number of hydrazine groups is 1. The van der Waals surface area contributed by atoms with Crippen LogP contribution >= 0.6 is 0 Å². The van der Waals surface area contributed by atoms with Gasteiger partial charge < -0.3 is 14.3 Å². The van der Waals surface area contributed by atoms with Crippen LogP contribution in [0.25, 0.3) is 0 Å². The molecule has 3 rings (SSSR count). The molecule has 2 heterocycles. The van der Waals surface area contributed by atoms with E-state index in [0.717, 1.165) is 18.6 Å². The van der Waals surface area contributed by atoms with Gasteiger partial charge in [-0.1, -0.05) is 30.3 Å². The number of hydrogen-bond acceptors (Lipinski definition) is 4. The standard InChI is InChI=1S/C16H23BN2O2/c1-15(2)16(3,4)21-17(20-15)14-10-18-19(12-14)11-13-8-6-5-7-9-13/h5-9,12,18H,10-11H2,1-4H3. The molecule has 0 saturated carbocycles. The van der Waals surface area contributed by atoms with Gasteiger partial charge in [-0.05, 0) is 38.7 Å². The van der Waals surface area contributed by atoms with Gasteiger partial charge in [0, 0.05) is 12.7 Å². The van der Waals surface area contributed by atoms with Crippen molar-refractivity contribution in [2.75, 3.05) is 6.54 Å². The molecule has 2 aliphatic heterocycles. The third-order valence-corrected chi connectivity index (χ3v) is 4.56. The third kappa shape index (κ3) is 2.86. The summed E-state index contributed by atoms with van der Waals surface area (Å²) in [6.45, 7) is 9.93. The first-order chi connectivity index (χ1) is 9.87. The number of benzene rings is 1. The van der Waals surface area contributed by atoms with Crippen molar-refractivity contribution >= 4 is 7.12 Å². The number of nitrogens with one attached hydrogen (secondary N) is 1. The van der Waals surface area contributed by atoms with Crippen molar-refractivity contribution in [3.8, 4) is 0 Å². The Morgan fingerprint density at radius 2 is 1.71 bits per heavy atom. The van der Waals surface area contributed by atoms with Crippen molar-refractivity contribution in [3.05, 3.63) is 47.6 Å². The van der Waals surface area contributed by atoms with Gasteiger partial charge in [-0.15, -0.1) is 0 Å². The van der Waals surface area contributed by atoms with E-state index in [-0.39, 0.29) is 18.3 Å². The highest BCUT2D eigenvalue weighted by Gasteiger charge is 2.52. The van der Waals surface area contributed by atoms with Gasteiger partial charge in [0.15, 0.2) is 0 Å². The quantitative estimate of drug-likeness (QED) is 0.866. The first-order valence-corrected chi connectivity index (χ1v) is 7.48. The number of rotatable bonds is 3. The van der Waals surface area contributed by atoms with E-state index in [1.54, 1.807) is 0 Å². The van der Waals surface area contributed by atoms with E-state index in [1.165, 1.54) is 5.56 Å². The Balaban J connectivity index is 1.67. The van der Waals surface area contributed by atoms with Crippen LogP contribution in [0, 0.1) is 0 Å². The molecule has 112 valence electrons. The fourth-order valence-corrected chi connectivity index (χ4v) is 2.50. The molecule has 1 N–H and O–H groups in total. The lowest BCUT2D eigenvalue weighted by Gasteiger charge is -2.32. The van der Waals surface area contributed by atoms with Crippen molar-refractivity contribution in [3.63, 3.8) is 0 Å². The summed E-state index contributed by atoms with van der Waals surface area (Å²) < 4.78 is 12.2. The predicted octanol–water partition coefficient (Wildman–Crippen LogP) is 2.52. The lowest BCUT2D eigenvalue weighted by Crippen LogP contribution is -2.41. The zero-order valence-electron chi connectivity index (χ0n) is 13.2. The van der Waals surface area contributed by atoms with Crippen molar-refractivity contribution in [1.29, 1.82) is 0 Å². The Labute approximate surface area is 127 Å². The van der Waals surface area contributed by atoms with Gasteiger partial charge in [-0.3, -0.25) is 0 Å². The van der Waals surface area contributed by atoms with Crippen LogP contribution in [-0.2, 0) is 15.9 Å². The molecule has 1 aromatic rings. The Morgan fingerprint density at radius 1 is 1.10 bits per heavy atom. The van der Waals surface area contributed by atoms with E-state index in [9.17, 15) is 0 Å². The maximum absolute atomic E-state index is 6.09. The summed E-state index contributed by atoms with van der Waals surface area (Å²) in [6, 6.07) is 10.4. The van der Waals surface area contributed by atoms with Gasteiger partial charge in [0.05, 0.1) is 17.7 Å². The molecule has 1 saturated heterocycles.